The lowest BCUT2D eigenvalue weighted by atomic mass is 10.0. The van der Waals surface area contributed by atoms with Crippen LogP contribution in [0.1, 0.15) is 11.1 Å². The van der Waals surface area contributed by atoms with Crippen LogP contribution < -0.4 is 9.64 Å². The Bertz CT molecular complexity index is 1110. The smallest absolute Gasteiger partial charge is 0.260 e. The van der Waals surface area contributed by atoms with Crippen LogP contribution in [-0.4, -0.2) is 53.8 Å². The number of aromatic nitrogens is 2. The molecule has 4 rings (SSSR count). The molecule has 3 aromatic rings. The maximum atomic E-state index is 12.5. The Morgan fingerprint density at radius 1 is 0.938 bits per heavy atom. The van der Waals surface area contributed by atoms with Crippen LogP contribution in [0.15, 0.2) is 48.5 Å². The summed E-state index contributed by atoms with van der Waals surface area (Å²) in [5, 5.41) is 9.76. The van der Waals surface area contributed by atoms with Crippen molar-refractivity contribution in [1.82, 2.24) is 15.1 Å². The van der Waals surface area contributed by atoms with Gasteiger partial charge in [0, 0.05) is 42.8 Å². The van der Waals surface area contributed by atoms with Gasteiger partial charge in [-0.2, -0.15) is 0 Å². The number of nitrogens with zero attached hydrogens (tertiary/aromatic N) is 4. The number of amides is 1. The van der Waals surface area contributed by atoms with Crippen molar-refractivity contribution in [3.05, 3.63) is 69.7 Å². The summed E-state index contributed by atoms with van der Waals surface area (Å²) in [6.07, 6.45) is 0. The van der Waals surface area contributed by atoms with Crippen molar-refractivity contribution in [2.24, 2.45) is 0 Å². The Morgan fingerprint density at radius 2 is 1.72 bits per heavy atom. The molecular formula is C24H24Cl2N4O2. The molecule has 0 N–H and O–H groups in total. The second-order valence-electron chi connectivity index (χ2n) is 7.81. The van der Waals surface area contributed by atoms with Crippen LogP contribution in [0.3, 0.4) is 0 Å². The van der Waals surface area contributed by atoms with E-state index in [1.165, 1.54) is 11.1 Å². The summed E-state index contributed by atoms with van der Waals surface area (Å²) in [6.45, 7) is 6.65. The second-order valence-corrected chi connectivity index (χ2v) is 8.65. The van der Waals surface area contributed by atoms with E-state index in [-0.39, 0.29) is 12.5 Å². The number of hydrogen-bond donors (Lipinski definition) is 0. The highest BCUT2D eigenvalue weighted by atomic mass is 35.5. The highest BCUT2D eigenvalue weighted by Crippen LogP contribution is 2.28. The predicted octanol–water partition coefficient (Wildman–Crippen LogP) is 4.79. The highest BCUT2D eigenvalue weighted by Gasteiger charge is 2.23. The van der Waals surface area contributed by atoms with Crippen LogP contribution in [0, 0.1) is 13.8 Å². The van der Waals surface area contributed by atoms with Gasteiger partial charge in [0.05, 0.1) is 10.7 Å². The Balaban J connectivity index is 1.31. The lowest BCUT2D eigenvalue weighted by Crippen LogP contribution is -2.50. The minimum absolute atomic E-state index is 0.0788. The van der Waals surface area contributed by atoms with Gasteiger partial charge in [-0.1, -0.05) is 35.3 Å². The van der Waals surface area contributed by atoms with Crippen LogP contribution in [0.5, 0.6) is 5.75 Å². The monoisotopic (exact) mass is 470 g/mol. The molecule has 8 heteroatoms. The third kappa shape index (κ3) is 5.14. The van der Waals surface area contributed by atoms with Gasteiger partial charge < -0.3 is 14.5 Å². The van der Waals surface area contributed by atoms with Crippen molar-refractivity contribution in [2.45, 2.75) is 13.8 Å². The van der Waals surface area contributed by atoms with E-state index >= 15 is 0 Å². The first-order chi connectivity index (χ1) is 15.4. The molecular weight excluding hydrogens is 447 g/mol. The maximum Gasteiger partial charge on any atom is 0.260 e. The number of rotatable bonds is 5. The molecule has 2 heterocycles. The lowest BCUT2D eigenvalue weighted by Gasteiger charge is -2.35. The largest absolute Gasteiger partial charge is 0.482 e. The summed E-state index contributed by atoms with van der Waals surface area (Å²) in [5.41, 5.74) is 4.40. The number of piperazine rings is 1. The van der Waals surface area contributed by atoms with Crippen molar-refractivity contribution in [3.8, 4) is 17.0 Å². The van der Waals surface area contributed by atoms with Crippen molar-refractivity contribution in [2.75, 3.05) is 37.7 Å². The van der Waals surface area contributed by atoms with Gasteiger partial charge in [0.15, 0.2) is 12.4 Å². The zero-order chi connectivity index (χ0) is 22.7. The van der Waals surface area contributed by atoms with Gasteiger partial charge in [-0.15, -0.1) is 10.2 Å². The first-order valence-corrected chi connectivity index (χ1v) is 11.2. The molecule has 1 aliphatic heterocycles. The molecule has 0 atom stereocenters. The average Bonchev–Trinajstić information content (AvgIpc) is 2.81. The standard InChI is InChI=1S/C24H24Cl2N4O2/c1-16-3-4-18(13-17(16)2)21-7-8-23(28-27-21)29-9-11-30(12-10-29)24(31)15-32-22-14-19(25)5-6-20(22)26/h3-8,13-14H,9-12,15H2,1-2H3. The number of carbonyl (C=O) groups excluding carboxylic acids is 1. The van der Waals surface area contributed by atoms with Crippen molar-refractivity contribution >= 4 is 34.9 Å². The molecule has 32 heavy (non-hydrogen) atoms. The molecule has 2 aromatic carbocycles. The minimum atomic E-state index is -0.0862. The Morgan fingerprint density at radius 3 is 2.41 bits per heavy atom. The predicted molar refractivity (Wildman–Crippen MR) is 128 cm³/mol. The molecule has 1 saturated heterocycles. The molecule has 1 amide bonds. The van der Waals surface area contributed by atoms with E-state index in [1.54, 1.807) is 23.1 Å². The van der Waals surface area contributed by atoms with E-state index in [2.05, 4.69) is 47.1 Å². The second kappa shape index (κ2) is 9.76. The van der Waals surface area contributed by atoms with Gasteiger partial charge in [-0.3, -0.25) is 4.79 Å². The zero-order valence-corrected chi connectivity index (χ0v) is 19.5. The SMILES string of the molecule is Cc1ccc(-c2ccc(N3CCN(C(=O)COc4cc(Cl)ccc4Cl)CC3)nn2)cc1C. The molecule has 166 valence electrons. The fourth-order valence-corrected chi connectivity index (χ4v) is 3.89. The molecule has 0 spiro atoms. The fourth-order valence-electron chi connectivity index (χ4n) is 3.55. The normalized spacial score (nSPS) is 13.9. The summed E-state index contributed by atoms with van der Waals surface area (Å²) < 4.78 is 5.57. The van der Waals surface area contributed by atoms with Crippen molar-refractivity contribution < 1.29 is 9.53 Å². The van der Waals surface area contributed by atoms with Crippen LogP contribution in [0.4, 0.5) is 5.82 Å². The van der Waals surface area contributed by atoms with E-state index in [0.717, 1.165) is 17.1 Å². The minimum Gasteiger partial charge on any atom is -0.482 e. The number of anilines is 1. The quantitative estimate of drug-likeness (QED) is 0.536. The van der Waals surface area contributed by atoms with Crippen LogP contribution in [0.25, 0.3) is 11.3 Å². The number of hydrogen-bond acceptors (Lipinski definition) is 5. The van der Waals surface area contributed by atoms with Crippen molar-refractivity contribution in [1.29, 1.82) is 0 Å². The van der Waals surface area contributed by atoms with E-state index in [0.29, 0.717) is 42.0 Å². The number of ether oxygens (including phenoxy) is 1. The Kier molecular flexibility index (Phi) is 6.82. The van der Waals surface area contributed by atoms with E-state index < -0.39 is 0 Å². The van der Waals surface area contributed by atoms with Crippen LogP contribution in [-0.2, 0) is 4.79 Å². The van der Waals surface area contributed by atoms with Crippen LogP contribution in [0.2, 0.25) is 10.0 Å². The number of benzene rings is 2. The van der Waals surface area contributed by atoms with E-state index in [1.807, 2.05) is 12.1 Å². The number of halogens is 2. The third-order valence-corrected chi connectivity index (χ3v) is 6.20. The summed E-state index contributed by atoms with van der Waals surface area (Å²) in [6, 6.07) is 15.2. The first kappa shape index (κ1) is 22.4. The summed E-state index contributed by atoms with van der Waals surface area (Å²) in [4.78, 5) is 16.5. The molecule has 6 nitrogen and oxygen atoms in total. The summed E-state index contributed by atoms with van der Waals surface area (Å²) in [5.74, 6) is 1.13. The fraction of sp³-hybridized carbons (Fsp3) is 0.292. The Labute approximate surface area is 197 Å². The first-order valence-electron chi connectivity index (χ1n) is 10.4. The van der Waals surface area contributed by atoms with Gasteiger partial charge in [0.1, 0.15) is 5.75 Å². The zero-order valence-electron chi connectivity index (χ0n) is 18.0. The molecule has 1 aromatic heterocycles. The van der Waals surface area contributed by atoms with Gasteiger partial charge in [-0.25, -0.2) is 0 Å². The van der Waals surface area contributed by atoms with Crippen molar-refractivity contribution in [3.63, 3.8) is 0 Å². The van der Waals surface area contributed by atoms with Gasteiger partial charge >= 0.3 is 0 Å². The summed E-state index contributed by atoms with van der Waals surface area (Å²) in [7, 11) is 0. The van der Waals surface area contributed by atoms with Gasteiger partial charge in [0.25, 0.3) is 5.91 Å². The molecule has 1 fully saturated rings. The summed E-state index contributed by atoms with van der Waals surface area (Å²) >= 11 is 12.1. The third-order valence-electron chi connectivity index (χ3n) is 5.65. The molecule has 0 radical (unpaired) electrons. The van der Waals surface area contributed by atoms with E-state index in [9.17, 15) is 4.79 Å². The molecule has 0 saturated carbocycles. The van der Waals surface area contributed by atoms with E-state index in [4.69, 9.17) is 27.9 Å². The molecule has 1 aliphatic rings. The topological polar surface area (TPSA) is 58.6 Å². The molecule has 0 unspecified atom stereocenters. The average molecular weight is 471 g/mol. The van der Waals surface area contributed by atoms with Gasteiger partial charge in [-0.05, 0) is 55.3 Å². The number of aryl methyl sites for hydroxylation is 2. The Hall–Kier alpha value is -2.83. The maximum absolute atomic E-state index is 12.5. The van der Waals surface area contributed by atoms with Gasteiger partial charge in [0.2, 0.25) is 0 Å². The highest BCUT2D eigenvalue weighted by molar-refractivity contribution is 6.34. The lowest BCUT2D eigenvalue weighted by molar-refractivity contribution is -0.133. The molecule has 0 aliphatic carbocycles. The number of carbonyl (C=O) groups is 1. The van der Waals surface area contributed by atoms with Crippen LogP contribution >= 0.6 is 23.2 Å². The molecule has 0 bridgehead atoms.